The molecule has 5 heteroatoms. The largest absolute Gasteiger partial charge is 0.508 e. The lowest BCUT2D eigenvalue weighted by Gasteiger charge is -2.34. The molecule has 1 saturated heterocycles. The molecule has 1 saturated carbocycles. The smallest absolute Gasteiger partial charge is 0.230 e. The summed E-state index contributed by atoms with van der Waals surface area (Å²) >= 11 is 0. The molecule has 2 aliphatic rings. The predicted molar refractivity (Wildman–Crippen MR) is 90.7 cm³/mol. The second kappa shape index (κ2) is 6.93. The minimum absolute atomic E-state index is 0.334. The number of hydrogen-bond acceptors (Lipinski definition) is 5. The van der Waals surface area contributed by atoms with Crippen molar-refractivity contribution in [1.82, 2.24) is 15.1 Å². The lowest BCUT2D eigenvalue weighted by atomic mass is 9.96. The van der Waals surface area contributed by atoms with Crippen molar-refractivity contribution in [1.29, 1.82) is 0 Å². The van der Waals surface area contributed by atoms with Crippen molar-refractivity contribution in [2.75, 3.05) is 6.54 Å². The van der Waals surface area contributed by atoms with Crippen molar-refractivity contribution in [3.63, 3.8) is 0 Å². The zero-order chi connectivity index (χ0) is 16.4. The number of nitrogens with zero attached hydrogens (tertiary/aromatic N) is 3. The molecule has 0 bridgehead atoms. The Hall–Kier alpha value is -1.88. The molecule has 1 unspecified atom stereocenters. The minimum Gasteiger partial charge on any atom is -0.508 e. The van der Waals surface area contributed by atoms with Crippen LogP contribution in [0.4, 0.5) is 0 Å². The van der Waals surface area contributed by atoms with Gasteiger partial charge in [-0.2, -0.15) is 0 Å². The first-order valence-electron chi connectivity index (χ1n) is 9.12. The Kier molecular flexibility index (Phi) is 4.52. The summed E-state index contributed by atoms with van der Waals surface area (Å²) in [6.45, 7) is 1.89. The quantitative estimate of drug-likeness (QED) is 0.877. The zero-order valence-electron chi connectivity index (χ0n) is 14.0. The van der Waals surface area contributed by atoms with E-state index in [1.807, 2.05) is 12.1 Å². The fraction of sp³-hybridized carbons (Fsp3) is 0.579. The molecule has 1 atom stereocenters. The van der Waals surface area contributed by atoms with E-state index in [2.05, 4.69) is 15.1 Å². The van der Waals surface area contributed by atoms with Crippen LogP contribution in [0.3, 0.4) is 0 Å². The lowest BCUT2D eigenvalue weighted by molar-refractivity contribution is 0.120. The maximum Gasteiger partial charge on any atom is 0.230 e. The third-order valence-electron chi connectivity index (χ3n) is 5.20. The van der Waals surface area contributed by atoms with Crippen LogP contribution >= 0.6 is 0 Å². The van der Waals surface area contributed by atoms with Crippen molar-refractivity contribution in [3.8, 4) is 5.75 Å². The number of aryl methyl sites for hydroxylation is 1. The first-order chi connectivity index (χ1) is 11.8. The van der Waals surface area contributed by atoms with Crippen molar-refractivity contribution in [2.24, 2.45) is 0 Å². The Morgan fingerprint density at radius 2 is 1.92 bits per heavy atom. The van der Waals surface area contributed by atoms with Crippen molar-refractivity contribution < 1.29 is 9.52 Å². The molecule has 1 aliphatic heterocycles. The first-order valence-corrected chi connectivity index (χ1v) is 9.12. The van der Waals surface area contributed by atoms with E-state index in [9.17, 15) is 5.11 Å². The van der Waals surface area contributed by atoms with Crippen LogP contribution in [0.5, 0.6) is 5.75 Å². The molecule has 24 heavy (non-hydrogen) atoms. The Bertz CT molecular complexity index is 664. The molecule has 5 nitrogen and oxygen atoms in total. The zero-order valence-corrected chi connectivity index (χ0v) is 14.0. The van der Waals surface area contributed by atoms with Crippen LogP contribution in [0.25, 0.3) is 0 Å². The number of piperidine rings is 1. The summed E-state index contributed by atoms with van der Waals surface area (Å²) < 4.78 is 5.84. The standard InChI is InChI=1S/C19H25N3O2/c23-17-10-5-14(6-11-17)4-9-16-3-1-2-12-22(16)13-18-20-21-19(24-18)15-7-8-15/h5-6,10-11,15-16,23H,1-4,7-9,12-13H2. The average Bonchev–Trinajstić information content (AvgIpc) is 3.35. The van der Waals surface area contributed by atoms with E-state index in [0.717, 1.165) is 37.7 Å². The summed E-state index contributed by atoms with van der Waals surface area (Å²) in [6.07, 6.45) is 8.35. The average molecular weight is 327 g/mol. The second-order valence-corrected chi connectivity index (χ2v) is 7.13. The first kappa shape index (κ1) is 15.6. The van der Waals surface area contributed by atoms with Gasteiger partial charge in [0.25, 0.3) is 0 Å². The number of rotatable bonds is 6. The van der Waals surface area contributed by atoms with Crippen LogP contribution in [-0.4, -0.2) is 32.8 Å². The summed E-state index contributed by atoms with van der Waals surface area (Å²) in [7, 11) is 0. The van der Waals surface area contributed by atoms with Gasteiger partial charge in [0.15, 0.2) is 0 Å². The molecule has 2 aromatic rings. The molecule has 1 aliphatic carbocycles. The lowest BCUT2D eigenvalue weighted by Crippen LogP contribution is -2.39. The molecule has 128 valence electrons. The predicted octanol–water partition coefficient (Wildman–Crippen LogP) is 3.64. The van der Waals surface area contributed by atoms with E-state index in [0.29, 0.717) is 17.7 Å². The Balaban J connectivity index is 1.35. The van der Waals surface area contributed by atoms with Gasteiger partial charge in [0, 0.05) is 12.0 Å². The molecule has 2 fully saturated rings. The van der Waals surface area contributed by atoms with Gasteiger partial charge in [0.2, 0.25) is 11.8 Å². The van der Waals surface area contributed by atoms with E-state index in [1.165, 1.54) is 37.7 Å². The molecular weight excluding hydrogens is 302 g/mol. The van der Waals surface area contributed by atoms with E-state index >= 15 is 0 Å². The minimum atomic E-state index is 0.334. The van der Waals surface area contributed by atoms with Crippen LogP contribution in [0.1, 0.15) is 61.8 Å². The van der Waals surface area contributed by atoms with Crippen LogP contribution in [0.15, 0.2) is 28.7 Å². The van der Waals surface area contributed by atoms with Gasteiger partial charge in [-0.05, 0) is 62.8 Å². The molecule has 1 aromatic carbocycles. The van der Waals surface area contributed by atoms with E-state index in [1.54, 1.807) is 12.1 Å². The summed E-state index contributed by atoms with van der Waals surface area (Å²) in [5.74, 6) is 2.47. The number of likely N-dealkylation sites (tertiary alicyclic amines) is 1. The highest BCUT2D eigenvalue weighted by atomic mass is 16.4. The molecule has 4 rings (SSSR count). The second-order valence-electron chi connectivity index (χ2n) is 7.13. The molecule has 0 amide bonds. The van der Waals surface area contributed by atoms with Gasteiger partial charge in [0.05, 0.1) is 6.54 Å². The van der Waals surface area contributed by atoms with Crippen LogP contribution in [-0.2, 0) is 13.0 Å². The van der Waals surface area contributed by atoms with Gasteiger partial charge < -0.3 is 9.52 Å². The topological polar surface area (TPSA) is 62.4 Å². The highest BCUT2D eigenvalue weighted by Gasteiger charge is 2.30. The molecule has 1 N–H and O–H groups in total. The molecular formula is C19H25N3O2. The summed E-state index contributed by atoms with van der Waals surface area (Å²) in [5, 5.41) is 17.8. The Labute approximate surface area is 142 Å². The fourth-order valence-electron chi connectivity index (χ4n) is 3.59. The van der Waals surface area contributed by atoms with Crippen LogP contribution in [0, 0.1) is 0 Å². The van der Waals surface area contributed by atoms with E-state index in [4.69, 9.17) is 4.42 Å². The van der Waals surface area contributed by atoms with Crippen molar-refractivity contribution in [2.45, 2.75) is 63.5 Å². The van der Waals surface area contributed by atoms with E-state index in [-0.39, 0.29) is 0 Å². The molecule has 2 heterocycles. The number of benzene rings is 1. The maximum atomic E-state index is 9.39. The Morgan fingerprint density at radius 3 is 2.71 bits per heavy atom. The number of aromatic nitrogens is 2. The van der Waals surface area contributed by atoms with Crippen LogP contribution < -0.4 is 0 Å². The van der Waals surface area contributed by atoms with Gasteiger partial charge >= 0.3 is 0 Å². The van der Waals surface area contributed by atoms with Crippen molar-refractivity contribution >= 4 is 0 Å². The van der Waals surface area contributed by atoms with Gasteiger partial charge in [0.1, 0.15) is 5.75 Å². The fourth-order valence-corrected chi connectivity index (χ4v) is 3.59. The highest BCUT2D eigenvalue weighted by molar-refractivity contribution is 5.25. The number of aromatic hydroxyl groups is 1. The molecule has 0 radical (unpaired) electrons. The van der Waals surface area contributed by atoms with Crippen molar-refractivity contribution in [3.05, 3.63) is 41.6 Å². The van der Waals surface area contributed by atoms with Crippen LogP contribution in [0.2, 0.25) is 0 Å². The van der Waals surface area contributed by atoms with Gasteiger partial charge in [-0.15, -0.1) is 10.2 Å². The number of phenols is 1. The monoisotopic (exact) mass is 327 g/mol. The molecule has 0 spiro atoms. The summed E-state index contributed by atoms with van der Waals surface area (Å²) in [6, 6.07) is 8.14. The normalized spacial score (nSPS) is 21.9. The third-order valence-corrected chi connectivity index (χ3v) is 5.20. The highest BCUT2D eigenvalue weighted by Crippen LogP contribution is 2.39. The maximum absolute atomic E-state index is 9.39. The van der Waals surface area contributed by atoms with Gasteiger partial charge in [-0.25, -0.2) is 0 Å². The third kappa shape index (κ3) is 3.78. The van der Waals surface area contributed by atoms with Gasteiger partial charge in [-0.3, -0.25) is 4.90 Å². The van der Waals surface area contributed by atoms with E-state index < -0.39 is 0 Å². The molecule has 1 aromatic heterocycles. The summed E-state index contributed by atoms with van der Waals surface area (Å²) in [5.41, 5.74) is 1.28. The Morgan fingerprint density at radius 1 is 1.08 bits per heavy atom. The summed E-state index contributed by atoms with van der Waals surface area (Å²) in [4.78, 5) is 2.51. The number of hydrogen-bond donors (Lipinski definition) is 1. The van der Waals surface area contributed by atoms with Gasteiger partial charge in [-0.1, -0.05) is 18.6 Å². The number of phenolic OH excluding ortho intramolecular Hbond substituents is 1. The SMILES string of the molecule is Oc1ccc(CCC2CCCCN2Cc2nnc(C3CC3)o2)cc1.